The van der Waals surface area contributed by atoms with E-state index in [1.165, 1.54) is 16.4 Å². The summed E-state index contributed by atoms with van der Waals surface area (Å²) in [4.78, 5) is 24.7. The van der Waals surface area contributed by atoms with Crippen LogP contribution in [0.25, 0.3) is 0 Å². The summed E-state index contributed by atoms with van der Waals surface area (Å²) in [5.74, 6) is -1.87. The predicted octanol–water partition coefficient (Wildman–Crippen LogP) is 3.34. The van der Waals surface area contributed by atoms with E-state index >= 15 is 0 Å². The first-order valence-corrected chi connectivity index (χ1v) is 12.0. The number of nitriles is 1. The summed E-state index contributed by atoms with van der Waals surface area (Å²) >= 11 is 1.15. The third kappa shape index (κ3) is 4.21. The Morgan fingerprint density at radius 2 is 1.81 bits per heavy atom. The number of fused-ring (bicyclic) bond motifs is 1. The Balaban J connectivity index is 1.55. The molecule has 8 nitrogen and oxygen atoms in total. The fourth-order valence-electron chi connectivity index (χ4n) is 3.44. The van der Waals surface area contributed by atoms with Crippen LogP contribution in [0.4, 0.5) is 17.1 Å². The number of benzene rings is 2. The molecule has 0 saturated heterocycles. The topological polar surface area (TPSA) is 119 Å². The smallest absolute Gasteiger partial charge is 0.314 e. The van der Waals surface area contributed by atoms with Gasteiger partial charge in [0, 0.05) is 12.2 Å². The van der Waals surface area contributed by atoms with Crippen molar-refractivity contribution in [1.29, 1.82) is 5.26 Å². The Labute approximate surface area is 189 Å². The zero-order chi connectivity index (χ0) is 22.7. The number of anilines is 3. The quantitative estimate of drug-likeness (QED) is 0.572. The molecule has 0 fully saturated rings. The lowest BCUT2D eigenvalue weighted by Crippen LogP contribution is -2.35. The summed E-state index contributed by atoms with van der Waals surface area (Å²) in [5.41, 5.74) is 2.09. The van der Waals surface area contributed by atoms with Gasteiger partial charge in [-0.3, -0.25) is 13.9 Å². The molecule has 1 aromatic heterocycles. The second kappa shape index (κ2) is 8.82. The van der Waals surface area contributed by atoms with E-state index in [1.54, 1.807) is 47.8 Å². The van der Waals surface area contributed by atoms with E-state index in [0.717, 1.165) is 16.9 Å². The van der Waals surface area contributed by atoms with Gasteiger partial charge in [0.05, 0.1) is 16.9 Å². The lowest BCUT2D eigenvalue weighted by Gasteiger charge is -2.30. The third-order valence-corrected chi connectivity index (χ3v) is 8.15. The van der Waals surface area contributed by atoms with Crippen molar-refractivity contribution in [2.45, 2.75) is 17.1 Å². The Morgan fingerprint density at radius 1 is 1.03 bits per heavy atom. The van der Waals surface area contributed by atoms with Crippen LogP contribution in [-0.2, 0) is 26.0 Å². The number of para-hydroxylation sites is 1. The average molecular weight is 467 g/mol. The molecule has 2 aromatic carbocycles. The number of amides is 2. The Kier molecular flexibility index (Phi) is 5.94. The fraction of sp³-hybridized carbons (Fsp3) is 0.136. The number of nitrogens with one attached hydrogen (secondary N) is 2. The normalized spacial score (nSPS) is 13.0. The number of thiophene rings is 1. The molecule has 0 saturated carbocycles. The molecule has 0 atom stereocenters. The number of carbonyl (C=O) groups is 2. The van der Waals surface area contributed by atoms with Crippen LogP contribution in [0.3, 0.4) is 0 Å². The van der Waals surface area contributed by atoms with E-state index in [0.29, 0.717) is 30.8 Å². The number of carbonyl (C=O) groups excluding carboxylic acids is 2. The average Bonchev–Trinajstić information content (AvgIpc) is 3.35. The molecular weight excluding hydrogens is 448 g/mol. The van der Waals surface area contributed by atoms with Crippen molar-refractivity contribution in [3.63, 3.8) is 0 Å². The van der Waals surface area contributed by atoms with Crippen LogP contribution in [0.15, 0.2) is 64.2 Å². The molecule has 10 heteroatoms. The van der Waals surface area contributed by atoms with E-state index < -0.39 is 21.8 Å². The first-order chi connectivity index (χ1) is 15.4. The van der Waals surface area contributed by atoms with Crippen molar-refractivity contribution in [2.75, 3.05) is 21.5 Å². The number of sulfonamides is 1. The zero-order valence-electron chi connectivity index (χ0n) is 16.7. The van der Waals surface area contributed by atoms with Crippen LogP contribution in [0.5, 0.6) is 0 Å². The highest BCUT2D eigenvalue weighted by molar-refractivity contribution is 7.94. The van der Waals surface area contributed by atoms with E-state index in [1.807, 2.05) is 6.07 Å². The van der Waals surface area contributed by atoms with Crippen molar-refractivity contribution in [2.24, 2.45) is 0 Å². The van der Waals surface area contributed by atoms with Crippen LogP contribution in [-0.4, -0.2) is 26.8 Å². The number of hydrogen-bond donors (Lipinski definition) is 2. The van der Waals surface area contributed by atoms with Crippen LogP contribution in [0, 0.1) is 11.3 Å². The van der Waals surface area contributed by atoms with Gasteiger partial charge in [0.15, 0.2) is 0 Å². The van der Waals surface area contributed by atoms with Gasteiger partial charge in [0.25, 0.3) is 10.0 Å². The second-order valence-electron chi connectivity index (χ2n) is 7.02. The van der Waals surface area contributed by atoms with Gasteiger partial charge >= 0.3 is 11.8 Å². The molecule has 0 spiro atoms. The van der Waals surface area contributed by atoms with Gasteiger partial charge in [0.2, 0.25) is 0 Å². The standard InChI is InChI=1S/C22H18N4O4S2/c23-14-16-5-1-2-7-18(16)25-22(28)21(27)24-17-10-9-15-6-3-11-26(19(15)13-17)32(29,30)20-8-4-12-31-20/h1-2,4-5,7-10,12-13H,3,6,11H2,(H,24,27)(H,25,28). The van der Waals surface area contributed by atoms with Gasteiger partial charge in [-0.15, -0.1) is 11.3 Å². The molecule has 1 aliphatic heterocycles. The van der Waals surface area contributed by atoms with Gasteiger partial charge in [-0.1, -0.05) is 24.3 Å². The summed E-state index contributed by atoms with van der Waals surface area (Å²) in [6.07, 6.45) is 1.40. The summed E-state index contributed by atoms with van der Waals surface area (Å²) in [7, 11) is -3.71. The molecule has 162 valence electrons. The molecule has 32 heavy (non-hydrogen) atoms. The van der Waals surface area contributed by atoms with E-state index in [4.69, 9.17) is 5.26 Å². The minimum atomic E-state index is -3.71. The Bertz CT molecular complexity index is 1330. The highest BCUT2D eigenvalue weighted by Crippen LogP contribution is 2.35. The van der Waals surface area contributed by atoms with E-state index in [9.17, 15) is 18.0 Å². The zero-order valence-corrected chi connectivity index (χ0v) is 18.4. The summed E-state index contributed by atoms with van der Waals surface area (Å²) in [6, 6.07) is 16.5. The number of hydrogen-bond acceptors (Lipinski definition) is 6. The van der Waals surface area contributed by atoms with Gasteiger partial charge in [-0.2, -0.15) is 5.26 Å². The van der Waals surface area contributed by atoms with E-state index in [-0.39, 0.29) is 15.5 Å². The van der Waals surface area contributed by atoms with E-state index in [2.05, 4.69) is 10.6 Å². The minimum absolute atomic E-state index is 0.230. The molecule has 2 N–H and O–H groups in total. The van der Waals surface area contributed by atoms with Gasteiger partial charge in [-0.05, 0) is 54.1 Å². The molecule has 4 rings (SSSR count). The second-order valence-corrected chi connectivity index (χ2v) is 10.1. The van der Waals surface area contributed by atoms with Crippen molar-refractivity contribution in [3.05, 3.63) is 71.1 Å². The molecule has 2 amide bonds. The largest absolute Gasteiger partial charge is 0.318 e. The molecule has 0 aliphatic carbocycles. The van der Waals surface area contributed by atoms with Crippen LogP contribution < -0.4 is 14.9 Å². The molecule has 1 aliphatic rings. The van der Waals surface area contributed by atoms with Crippen LogP contribution in [0.1, 0.15) is 17.5 Å². The summed E-state index contributed by atoms with van der Waals surface area (Å²) in [5, 5.41) is 15.7. The molecular formula is C22H18N4O4S2. The summed E-state index contributed by atoms with van der Waals surface area (Å²) in [6.45, 7) is 0.329. The SMILES string of the molecule is N#Cc1ccccc1NC(=O)C(=O)Nc1ccc2c(c1)N(S(=O)(=O)c1cccs1)CCC2. The number of rotatable bonds is 4. The van der Waals surface area contributed by atoms with Crippen LogP contribution >= 0.6 is 11.3 Å². The van der Waals surface area contributed by atoms with Crippen molar-refractivity contribution in [3.8, 4) is 6.07 Å². The molecule has 3 aromatic rings. The number of nitrogens with zero attached hydrogens (tertiary/aromatic N) is 2. The fourth-order valence-corrected chi connectivity index (χ4v) is 6.08. The highest BCUT2D eigenvalue weighted by Gasteiger charge is 2.30. The van der Waals surface area contributed by atoms with Gasteiger partial charge < -0.3 is 10.6 Å². The molecule has 0 radical (unpaired) electrons. The first-order valence-electron chi connectivity index (χ1n) is 9.71. The minimum Gasteiger partial charge on any atom is -0.318 e. The van der Waals surface area contributed by atoms with Crippen molar-refractivity contribution >= 4 is 50.2 Å². The molecule has 0 unspecified atom stereocenters. The first kappa shape index (κ1) is 21.5. The maximum Gasteiger partial charge on any atom is 0.314 e. The summed E-state index contributed by atoms with van der Waals surface area (Å²) < 4.78 is 27.7. The maximum atomic E-state index is 13.1. The number of aryl methyl sites for hydroxylation is 1. The van der Waals surface area contributed by atoms with Gasteiger partial charge in [0.1, 0.15) is 10.3 Å². The Hall–Kier alpha value is -3.68. The predicted molar refractivity (Wildman–Crippen MR) is 122 cm³/mol. The van der Waals surface area contributed by atoms with Crippen LogP contribution in [0.2, 0.25) is 0 Å². The monoisotopic (exact) mass is 466 g/mol. The maximum absolute atomic E-state index is 13.1. The molecule has 0 bridgehead atoms. The van der Waals surface area contributed by atoms with Gasteiger partial charge in [-0.25, -0.2) is 8.42 Å². The van der Waals surface area contributed by atoms with Crippen molar-refractivity contribution in [1.82, 2.24) is 0 Å². The highest BCUT2D eigenvalue weighted by atomic mass is 32.2. The lowest BCUT2D eigenvalue weighted by atomic mass is 10.0. The Morgan fingerprint density at radius 3 is 2.56 bits per heavy atom. The molecule has 2 heterocycles. The van der Waals surface area contributed by atoms with Crippen molar-refractivity contribution < 1.29 is 18.0 Å². The third-order valence-electron chi connectivity index (χ3n) is 4.96. The lowest BCUT2D eigenvalue weighted by molar-refractivity contribution is -0.133.